The van der Waals surface area contributed by atoms with Gasteiger partial charge >= 0.3 is 0 Å². The molecule has 0 bridgehead atoms. The largest absolute Gasteiger partial charge is 0.318 e. The number of nitrogens with zero attached hydrogens (tertiary/aromatic N) is 3. The van der Waals surface area contributed by atoms with Crippen molar-refractivity contribution < 1.29 is 4.79 Å². The highest BCUT2D eigenvalue weighted by atomic mass is 35.5. The van der Waals surface area contributed by atoms with Crippen LogP contribution in [0.25, 0.3) is 21.3 Å². The number of benzene rings is 2. The van der Waals surface area contributed by atoms with Gasteiger partial charge in [0.1, 0.15) is 12.4 Å². The minimum absolute atomic E-state index is 0.122. The Morgan fingerprint density at radius 1 is 1.20 bits per heavy atom. The van der Waals surface area contributed by atoms with E-state index in [1.807, 2.05) is 47.9 Å². The average molecular weight is 371 g/mol. The van der Waals surface area contributed by atoms with Crippen LogP contribution >= 0.6 is 22.9 Å². The molecule has 0 aliphatic heterocycles. The third kappa shape index (κ3) is 3.10. The Hall–Kier alpha value is -2.44. The highest BCUT2D eigenvalue weighted by molar-refractivity contribution is 7.22. The van der Waals surface area contributed by atoms with Crippen molar-refractivity contribution in [2.45, 2.75) is 19.9 Å². The van der Waals surface area contributed by atoms with Crippen LogP contribution in [0, 0.1) is 0 Å². The minimum Gasteiger partial charge on any atom is -0.318 e. The Kier molecular flexibility index (Phi) is 4.15. The van der Waals surface area contributed by atoms with Crippen LogP contribution in [0.5, 0.6) is 0 Å². The van der Waals surface area contributed by atoms with E-state index in [1.54, 1.807) is 6.07 Å². The summed E-state index contributed by atoms with van der Waals surface area (Å²) in [7, 11) is 0. The monoisotopic (exact) mass is 370 g/mol. The molecule has 0 saturated heterocycles. The van der Waals surface area contributed by atoms with E-state index >= 15 is 0 Å². The van der Waals surface area contributed by atoms with Gasteiger partial charge in [-0.25, -0.2) is 9.97 Å². The lowest BCUT2D eigenvalue weighted by Crippen LogP contribution is -2.19. The van der Waals surface area contributed by atoms with Crippen molar-refractivity contribution in [3.8, 4) is 0 Å². The molecule has 0 spiro atoms. The van der Waals surface area contributed by atoms with Crippen LogP contribution in [0.15, 0.2) is 42.5 Å². The number of fused-ring (bicyclic) bond motifs is 2. The number of para-hydroxylation sites is 2. The number of thiazole rings is 1. The van der Waals surface area contributed by atoms with E-state index in [-0.39, 0.29) is 12.5 Å². The summed E-state index contributed by atoms with van der Waals surface area (Å²) in [6, 6.07) is 13.3. The first-order valence-electron chi connectivity index (χ1n) is 7.94. The topological polar surface area (TPSA) is 59.8 Å². The second-order valence-electron chi connectivity index (χ2n) is 5.64. The molecule has 126 valence electrons. The van der Waals surface area contributed by atoms with Crippen molar-refractivity contribution >= 4 is 55.2 Å². The summed E-state index contributed by atoms with van der Waals surface area (Å²) in [6.45, 7) is 2.24. The van der Waals surface area contributed by atoms with Gasteiger partial charge in [-0.15, -0.1) is 0 Å². The van der Waals surface area contributed by atoms with Crippen LogP contribution in [0.3, 0.4) is 0 Å². The highest BCUT2D eigenvalue weighted by Gasteiger charge is 2.14. The summed E-state index contributed by atoms with van der Waals surface area (Å²) in [5.41, 5.74) is 2.69. The molecule has 2 aromatic heterocycles. The van der Waals surface area contributed by atoms with Crippen molar-refractivity contribution in [1.29, 1.82) is 0 Å². The van der Waals surface area contributed by atoms with E-state index in [1.165, 1.54) is 11.3 Å². The molecule has 1 amide bonds. The van der Waals surface area contributed by atoms with E-state index < -0.39 is 0 Å². The number of hydrogen-bond acceptors (Lipinski definition) is 4. The van der Waals surface area contributed by atoms with Crippen molar-refractivity contribution in [3.63, 3.8) is 0 Å². The van der Waals surface area contributed by atoms with Crippen molar-refractivity contribution in [2.75, 3.05) is 5.32 Å². The van der Waals surface area contributed by atoms with Gasteiger partial charge in [0.2, 0.25) is 5.91 Å². The highest BCUT2D eigenvalue weighted by Crippen LogP contribution is 2.28. The molecule has 2 aromatic carbocycles. The molecular weight excluding hydrogens is 356 g/mol. The normalized spacial score (nSPS) is 11.3. The first-order chi connectivity index (χ1) is 12.1. The van der Waals surface area contributed by atoms with Gasteiger partial charge in [0, 0.05) is 11.4 Å². The Labute approximate surface area is 153 Å². The molecule has 2 heterocycles. The van der Waals surface area contributed by atoms with Gasteiger partial charge in [0.05, 0.1) is 21.3 Å². The summed E-state index contributed by atoms with van der Waals surface area (Å²) in [6.07, 6.45) is 0.765. The van der Waals surface area contributed by atoms with Crippen LogP contribution in [0.2, 0.25) is 5.02 Å². The summed E-state index contributed by atoms with van der Waals surface area (Å²) in [5.74, 6) is 0.774. The number of nitrogens with one attached hydrogen (secondary N) is 1. The van der Waals surface area contributed by atoms with E-state index in [0.29, 0.717) is 10.2 Å². The number of rotatable bonds is 4. The number of imidazole rings is 1. The van der Waals surface area contributed by atoms with Gasteiger partial charge in [-0.1, -0.05) is 42.0 Å². The Morgan fingerprint density at radius 2 is 2.04 bits per heavy atom. The van der Waals surface area contributed by atoms with Crippen molar-refractivity contribution in [3.05, 3.63) is 53.3 Å². The number of aromatic nitrogens is 3. The summed E-state index contributed by atoms with van der Waals surface area (Å²) in [4.78, 5) is 21.5. The predicted molar refractivity (Wildman–Crippen MR) is 102 cm³/mol. The molecule has 0 fully saturated rings. The van der Waals surface area contributed by atoms with E-state index in [2.05, 4.69) is 15.3 Å². The molecule has 7 heteroatoms. The fourth-order valence-corrected chi connectivity index (χ4v) is 3.98. The molecule has 0 saturated carbocycles. The number of aryl methyl sites for hydroxylation is 1. The van der Waals surface area contributed by atoms with Crippen LogP contribution in [0.1, 0.15) is 12.7 Å². The van der Waals surface area contributed by atoms with E-state index in [0.717, 1.165) is 33.5 Å². The standard InChI is InChI=1S/C18H15ClN4OS/c1-2-16-20-12-5-3-4-6-14(12)23(16)10-17(24)22-18-21-13-8-7-11(19)9-15(13)25-18/h3-9H,2,10H2,1H3,(H,21,22,24). The molecule has 4 rings (SSSR count). The van der Waals surface area contributed by atoms with Crippen LogP contribution in [0.4, 0.5) is 5.13 Å². The second kappa shape index (κ2) is 6.46. The quantitative estimate of drug-likeness (QED) is 0.575. The van der Waals surface area contributed by atoms with Crippen LogP contribution in [-0.2, 0) is 17.8 Å². The molecule has 0 unspecified atom stereocenters. The number of halogens is 1. The lowest BCUT2D eigenvalue weighted by atomic mass is 10.3. The molecule has 0 aliphatic carbocycles. The molecule has 0 radical (unpaired) electrons. The van der Waals surface area contributed by atoms with Gasteiger partial charge in [-0.2, -0.15) is 0 Å². The first kappa shape index (κ1) is 16.1. The van der Waals surface area contributed by atoms with Crippen LogP contribution < -0.4 is 5.32 Å². The second-order valence-corrected chi connectivity index (χ2v) is 7.10. The fourth-order valence-electron chi connectivity index (χ4n) is 2.83. The molecule has 25 heavy (non-hydrogen) atoms. The van der Waals surface area contributed by atoms with E-state index in [4.69, 9.17) is 11.6 Å². The summed E-state index contributed by atoms with van der Waals surface area (Å²) < 4.78 is 2.90. The molecule has 0 atom stereocenters. The number of anilines is 1. The Bertz CT molecular complexity index is 1090. The number of amides is 1. The molecule has 1 N–H and O–H groups in total. The predicted octanol–water partition coefficient (Wildman–Crippen LogP) is 4.50. The molecule has 0 aliphatic rings. The zero-order valence-corrected chi connectivity index (χ0v) is 15.1. The lowest BCUT2D eigenvalue weighted by Gasteiger charge is -2.07. The van der Waals surface area contributed by atoms with Crippen molar-refractivity contribution in [1.82, 2.24) is 14.5 Å². The molecule has 4 aromatic rings. The zero-order valence-electron chi connectivity index (χ0n) is 13.5. The van der Waals surface area contributed by atoms with Gasteiger partial charge in [-0.3, -0.25) is 4.79 Å². The molecular formula is C18H15ClN4OS. The maximum atomic E-state index is 12.5. The summed E-state index contributed by atoms with van der Waals surface area (Å²) >= 11 is 7.41. The zero-order chi connectivity index (χ0) is 17.4. The fraction of sp³-hybridized carbons (Fsp3) is 0.167. The molecule has 5 nitrogen and oxygen atoms in total. The number of hydrogen-bond donors (Lipinski definition) is 1. The van der Waals surface area contributed by atoms with Gasteiger partial charge in [0.15, 0.2) is 5.13 Å². The Morgan fingerprint density at radius 3 is 2.88 bits per heavy atom. The number of carbonyl (C=O) groups is 1. The van der Waals surface area contributed by atoms with Gasteiger partial charge in [0.25, 0.3) is 0 Å². The van der Waals surface area contributed by atoms with Gasteiger partial charge in [-0.05, 0) is 30.3 Å². The summed E-state index contributed by atoms with van der Waals surface area (Å²) in [5, 5.41) is 4.11. The minimum atomic E-state index is -0.122. The average Bonchev–Trinajstić information content (AvgIpc) is 3.15. The SMILES string of the molecule is CCc1nc2ccccc2n1CC(=O)Nc1nc2ccc(Cl)cc2s1. The van der Waals surface area contributed by atoms with Crippen LogP contribution in [-0.4, -0.2) is 20.4 Å². The Balaban J connectivity index is 1.59. The third-order valence-electron chi connectivity index (χ3n) is 3.95. The maximum Gasteiger partial charge on any atom is 0.246 e. The third-order valence-corrected chi connectivity index (χ3v) is 5.12. The van der Waals surface area contributed by atoms with Gasteiger partial charge < -0.3 is 9.88 Å². The number of carbonyl (C=O) groups excluding carboxylic acids is 1. The van der Waals surface area contributed by atoms with E-state index in [9.17, 15) is 4.79 Å². The van der Waals surface area contributed by atoms with Crippen molar-refractivity contribution in [2.24, 2.45) is 0 Å². The smallest absolute Gasteiger partial charge is 0.246 e. The maximum absolute atomic E-state index is 12.5. The lowest BCUT2D eigenvalue weighted by molar-refractivity contribution is -0.116. The first-order valence-corrected chi connectivity index (χ1v) is 9.13.